The Kier molecular flexibility index (Phi) is 3.64. The average Bonchev–Trinajstić information content (AvgIpc) is 2.77. The van der Waals surface area contributed by atoms with Crippen LogP contribution in [0.25, 0.3) is 0 Å². The molecular weight excluding hydrogens is 250 g/mol. The summed E-state index contributed by atoms with van der Waals surface area (Å²) in [5.74, 6) is 1.52. The zero-order valence-corrected chi connectivity index (χ0v) is 11.4. The van der Waals surface area contributed by atoms with Crippen LogP contribution in [0.4, 0.5) is 0 Å². The highest BCUT2D eigenvalue weighted by Gasteiger charge is 2.16. The van der Waals surface area contributed by atoms with Crippen LogP contribution >= 0.6 is 11.6 Å². The molecule has 1 aromatic heterocycles. The smallest absolute Gasteiger partial charge is 0.193 e. The van der Waals surface area contributed by atoms with Crippen LogP contribution in [0, 0.1) is 13.8 Å². The second-order valence-corrected chi connectivity index (χ2v) is 4.67. The molecule has 1 unspecified atom stereocenters. The lowest BCUT2D eigenvalue weighted by Gasteiger charge is -2.15. The van der Waals surface area contributed by atoms with Crippen molar-refractivity contribution in [3.63, 3.8) is 0 Å². The highest BCUT2D eigenvalue weighted by Crippen LogP contribution is 2.30. The Hall–Kier alpha value is -1.45. The normalized spacial score (nSPS) is 12.5. The summed E-state index contributed by atoms with van der Waals surface area (Å²) in [6.07, 6.45) is 0. The molecule has 2 aromatic rings. The molecule has 0 aliphatic rings. The molecule has 4 heteroatoms. The van der Waals surface area contributed by atoms with Gasteiger partial charge in [0.05, 0.1) is 13.2 Å². The molecule has 1 atom stereocenters. The number of ether oxygens (including phenoxy) is 1. The van der Waals surface area contributed by atoms with Crippen LogP contribution in [-0.4, -0.2) is 7.11 Å². The van der Waals surface area contributed by atoms with Gasteiger partial charge in [-0.3, -0.25) is 0 Å². The number of furan rings is 1. The molecule has 0 amide bonds. The molecule has 0 fully saturated rings. The van der Waals surface area contributed by atoms with Gasteiger partial charge >= 0.3 is 0 Å². The van der Waals surface area contributed by atoms with Crippen LogP contribution in [0.2, 0.25) is 5.22 Å². The largest absolute Gasteiger partial charge is 0.496 e. The summed E-state index contributed by atoms with van der Waals surface area (Å²) in [6.45, 7) is 3.99. The Labute approximate surface area is 111 Å². The SMILES string of the molecule is COc1cc(C)c(C(N)c2ccc(Cl)o2)cc1C. The lowest BCUT2D eigenvalue weighted by molar-refractivity contribution is 0.411. The standard InChI is InChI=1S/C14H16ClNO2/c1-8-7-12(17-3)9(2)6-10(8)14(16)11-4-5-13(15)18-11/h4-7,14H,16H2,1-3H3. The van der Waals surface area contributed by atoms with Crippen molar-refractivity contribution < 1.29 is 9.15 Å². The van der Waals surface area contributed by atoms with E-state index in [0.29, 0.717) is 11.0 Å². The first-order valence-electron chi connectivity index (χ1n) is 5.69. The molecule has 96 valence electrons. The van der Waals surface area contributed by atoms with Crippen LogP contribution in [0.1, 0.15) is 28.5 Å². The number of benzene rings is 1. The summed E-state index contributed by atoms with van der Waals surface area (Å²) < 4.78 is 10.6. The monoisotopic (exact) mass is 265 g/mol. The maximum Gasteiger partial charge on any atom is 0.193 e. The van der Waals surface area contributed by atoms with E-state index in [0.717, 1.165) is 22.4 Å². The van der Waals surface area contributed by atoms with E-state index in [1.165, 1.54) is 0 Å². The highest BCUT2D eigenvalue weighted by atomic mass is 35.5. The number of methoxy groups -OCH3 is 1. The lowest BCUT2D eigenvalue weighted by atomic mass is 9.97. The second-order valence-electron chi connectivity index (χ2n) is 4.30. The Balaban J connectivity index is 2.42. The van der Waals surface area contributed by atoms with Gasteiger partial charge in [-0.05, 0) is 60.3 Å². The highest BCUT2D eigenvalue weighted by molar-refractivity contribution is 6.28. The second kappa shape index (κ2) is 5.04. The van der Waals surface area contributed by atoms with Crippen molar-refractivity contribution in [1.82, 2.24) is 0 Å². The van der Waals surface area contributed by atoms with E-state index < -0.39 is 0 Å². The van der Waals surface area contributed by atoms with E-state index in [-0.39, 0.29) is 6.04 Å². The minimum absolute atomic E-state index is 0.317. The molecule has 0 aliphatic carbocycles. The van der Waals surface area contributed by atoms with Crippen molar-refractivity contribution in [2.75, 3.05) is 7.11 Å². The Morgan fingerprint density at radius 2 is 1.94 bits per heavy atom. The third kappa shape index (κ3) is 2.37. The van der Waals surface area contributed by atoms with Gasteiger partial charge in [0, 0.05) is 0 Å². The number of nitrogens with two attached hydrogens (primary N) is 1. The molecule has 0 bridgehead atoms. The summed E-state index contributed by atoms with van der Waals surface area (Å²) in [4.78, 5) is 0. The minimum atomic E-state index is -0.317. The van der Waals surface area contributed by atoms with Gasteiger partial charge in [-0.25, -0.2) is 0 Å². The van der Waals surface area contributed by atoms with Crippen LogP contribution in [0.3, 0.4) is 0 Å². The van der Waals surface area contributed by atoms with Crippen molar-refractivity contribution in [3.8, 4) is 5.75 Å². The van der Waals surface area contributed by atoms with Crippen LogP contribution in [0.15, 0.2) is 28.7 Å². The Bertz CT molecular complexity index is 563. The van der Waals surface area contributed by atoms with Crippen molar-refractivity contribution in [1.29, 1.82) is 0 Å². The zero-order chi connectivity index (χ0) is 13.3. The van der Waals surface area contributed by atoms with Gasteiger partial charge in [0.25, 0.3) is 0 Å². The van der Waals surface area contributed by atoms with E-state index in [4.69, 9.17) is 26.5 Å². The molecule has 0 spiro atoms. The third-order valence-electron chi connectivity index (χ3n) is 3.02. The molecule has 2 rings (SSSR count). The lowest BCUT2D eigenvalue weighted by Crippen LogP contribution is -2.13. The molecule has 18 heavy (non-hydrogen) atoms. The average molecular weight is 266 g/mol. The maximum absolute atomic E-state index is 6.20. The summed E-state index contributed by atoms with van der Waals surface area (Å²) >= 11 is 5.77. The summed E-state index contributed by atoms with van der Waals surface area (Å²) in [5, 5.41) is 0.350. The van der Waals surface area contributed by atoms with E-state index >= 15 is 0 Å². The molecule has 0 saturated carbocycles. The van der Waals surface area contributed by atoms with Gasteiger partial charge in [0.15, 0.2) is 5.22 Å². The molecule has 0 aliphatic heterocycles. The fraction of sp³-hybridized carbons (Fsp3) is 0.286. The van der Waals surface area contributed by atoms with Crippen molar-refractivity contribution in [2.24, 2.45) is 5.73 Å². The predicted molar refractivity (Wildman–Crippen MR) is 72.2 cm³/mol. The molecule has 3 nitrogen and oxygen atoms in total. The van der Waals surface area contributed by atoms with E-state index in [1.807, 2.05) is 26.0 Å². The first kappa shape index (κ1) is 13.0. The van der Waals surface area contributed by atoms with Crippen molar-refractivity contribution in [3.05, 3.63) is 51.9 Å². The Morgan fingerprint density at radius 3 is 2.50 bits per heavy atom. The van der Waals surface area contributed by atoms with E-state index in [2.05, 4.69) is 0 Å². The number of hydrogen-bond donors (Lipinski definition) is 1. The van der Waals surface area contributed by atoms with Crippen molar-refractivity contribution >= 4 is 11.6 Å². The topological polar surface area (TPSA) is 48.4 Å². The number of halogens is 1. The number of aryl methyl sites for hydroxylation is 2. The first-order chi connectivity index (χ1) is 8.52. The molecular formula is C14H16ClNO2. The quantitative estimate of drug-likeness (QED) is 0.922. The predicted octanol–water partition coefficient (Wildman–Crippen LogP) is 3.61. The summed E-state index contributed by atoms with van der Waals surface area (Å²) in [6, 6.07) is 7.18. The molecule has 0 radical (unpaired) electrons. The number of hydrogen-bond acceptors (Lipinski definition) is 3. The fourth-order valence-electron chi connectivity index (χ4n) is 2.02. The first-order valence-corrected chi connectivity index (χ1v) is 6.06. The number of rotatable bonds is 3. The maximum atomic E-state index is 6.20. The molecule has 1 heterocycles. The van der Waals surface area contributed by atoms with Gasteiger partial charge < -0.3 is 14.9 Å². The third-order valence-corrected chi connectivity index (χ3v) is 3.22. The fourth-order valence-corrected chi connectivity index (χ4v) is 2.17. The zero-order valence-electron chi connectivity index (χ0n) is 10.7. The van der Waals surface area contributed by atoms with Gasteiger partial charge in [-0.1, -0.05) is 6.07 Å². The van der Waals surface area contributed by atoms with Gasteiger partial charge in [0.2, 0.25) is 0 Å². The van der Waals surface area contributed by atoms with Crippen molar-refractivity contribution in [2.45, 2.75) is 19.9 Å². The van der Waals surface area contributed by atoms with Gasteiger partial charge in [0.1, 0.15) is 11.5 Å². The van der Waals surface area contributed by atoms with Crippen LogP contribution < -0.4 is 10.5 Å². The van der Waals surface area contributed by atoms with E-state index in [9.17, 15) is 0 Å². The van der Waals surface area contributed by atoms with Gasteiger partial charge in [-0.15, -0.1) is 0 Å². The summed E-state index contributed by atoms with van der Waals surface area (Å²) in [5.41, 5.74) is 9.33. The Morgan fingerprint density at radius 1 is 1.22 bits per heavy atom. The summed E-state index contributed by atoms with van der Waals surface area (Å²) in [7, 11) is 1.66. The van der Waals surface area contributed by atoms with Crippen LogP contribution in [0.5, 0.6) is 5.75 Å². The van der Waals surface area contributed by atoms with Gasteiger partial charge in [-0.2, -0.15) is 0 Å². The molecule has 0 saturated heterocycles. The van der Waals surface area contributed by atoms with E-state index in [1.54, 1.807) is 19.2 Å². The molecule has 1 aromatic carbocycles. The van der Waals surface area contributed by atoms with Crippen LogP contribution in [-0.2, 0) is 0 Å². The minimum Gasteiger partial charge on any atom is -0.496 e. The molecule has 2 N–H and O–H groups in total.